The van der Waals surface area contributed by atoms with E-state index in [-0.39, 0.29) is 11.9 Å². The summed E-state index contributed by atoms with van der Waals surface area (Å²) in [7, 11) is -3.53. The van der Waals surface area contributed by atoms with Gasteiger partial charge in [0.25, 0.3) is 20.2 Å². The zero-order valence-corrected chi connectivity index (χ0v) is 22.9. The Hall–Kier alpha value is -2.29. The van der Waals surface area contributed by atoms with E-state index < -0.39 is 20.2 Å². The summed E-state index contributed by atoms with van der Waals surface area (Å²) in [6, 6.07) is 12.0. The van der Waals surface area contributed by atoms with Crippen LogP contribution >= 0.6 is 0 Å². The lowest BCUT2D eigenvalue weighted by molar-refractivity contribution is -0.145. The highest BCUT2D eigenvalue weighted by Gasteiger charge is 2.19. The minimum absolute atomic E-state index is 0.160. The number of carbonyl (C=O) groups excluding carboxylic acids is 1. The van der Waals surface area contributed by atoms with E-state index in [0.29, 0.717) is 19.1 Å². The second-order valence-electron chi connectivity index (χ2n) is 8.47. The number of benzene rings is 2. The van der Waals surface area contributed by atoms with Gasteiger partial charge in [-0.25, -0.2) is 0 Å². The minimum atomic E-state index is -3.67. The maximum atomic E-state index is 12.4. The van der Waals surface area contributed by atoms with Gasteiger partial charge in [-0.2, -0.15) is 16.8 Å². The Bertz CT molecular complexity index is 1150. The van der Waals surface area contributed by atoms with Crippen LogP contribution in [0.2, 0.25) is 0 Å². The van der Waals surface area contributed by atoms with E-state index in [2.05, 4.69) is 22.9 Å². The quantitative estimate of drug-likeness (QED) is 0.401. The number of ether oxygens (including phenoxy) is 2. The van der Waals surface area contributed by atoms with Gasteiger partial charge in [0.1, 0.15) is 12.4 Å². The van der Waals surface area contributed by atoms with E-state index in [0.717, 1.165) is 54.8 Å². The van der Waals surface area contributed by atoms with Crippen LogP contribution in [0.5, 0.6) is 5.75 Å². The van der Waals surface area contributed by atoms with Crippen LogP contribution in [0.4, 0.5) is 0 Å². The molecule has 13 heteroatoms. The first-order chi connectivity index (χ1) is 16.6. The molecule has 0 spiro atoms. The molecule has 3 rings (SSSR count). The highest BCUT2D eigenvalue weighted by atomic mass is 32.2. The Kier molecular flexibility index (Phi) is 12.7. The molecule has 2 N–H and O–H groups in total. The lowest BCUT2D eigenvalue weighted by atomic mass is 9.98. The first kappa shape index (κ1) is 31.7. The molecule has 11 nitrogen and oxygen atoms in total. The van der Waals surface area contributed by atoms with Gasteiger partial charge in [-0.3, -0.25) is 18.8 Å². The Morgan fingerprint density at radius 3 is 1.97 bits per heavy atom. The van der Waals surface area contributed by atoms with Crippen LogP contribution in [-0.4, -0.2) is 108 Å². The summed E-state index contributed by atoms with van der Waals surface area (Å²) in [5, 5.41) is 2.20. The second kappa shape index (κ2) is 14.4. The van der Waals surface area contributed by atoms with E-state index in [4.69, 9.17) is 18.6 Å². The number of hydrogen-bond donors (Lipinski definition) is 2. The molecule has 1 heterocycles. The van der Waals surface area contributed by atoms with Gasteiger partial charge in [-0.05, 0) is 42.4 Å². The number of methoxy groups -OCH3 is 1. The van der Waals surface area contributed by atoms with Crippen molar-refractivity contribution >= 4 is 37.0 Å². The summed E-state index contributed by atoms with van der Waals surface area (Å²) < 4.78 is 62.5. The van der Waals surface area contributed by atoms with Crippen LogP contribution in [-0.2, 0) is 29.8 Å². The Morgan fingerprint density at radius 1 is 0.944 bits per heavy atom. The fourth-order valence-corrected chi connectivity index (χ4v) is 3.25. The molecule has 1 fully saturated rings. The highest BCUT2D eigenvalue weighted by molar-refractivity contribution is 7.85. The van der Waals surface area contributed by atoms with E-state index in [1.54, 1.807) is 7.11 Å². The number of rotatable bonds is 6. The molecule has 1 aliphatic heterocycles. The van der Waals surface area contributed by atoms with Crippen LogP contribution in [0, 0.1) is 0 Å². The topological polar surface area (TPSA) is 151 Å². The van der Waals surface area contributed by atoms with Crippen molar-refractivity contribution < 1.29 is 40.2 Å². The molecule has 0 aliphatic carbocycles. The normalized spacial score (nSPS) is 15.6. The number of likely N-dealkylation sites (N-methyl/N-ethyl adjacent to an activating group) is 1. The third-order valence-electron chi connectivity index (χ3n) is 5.17. The van der Waals surface area contributed by atoms with Crippen LogP contribution in [0.25, 0.3) is 10.8 Å². The number of carbonyl (C=O) groups is 1. The van der Waals surface area contributed by atoms with Crippen molar-refractivity contribution in [3.05, 3.63) is 42.0 Å². The maximum Gasteiger partial charge on any atom is 0.313 e. The van der Waals surface area contributed by atoms with Gasteiger partial charge in [0, 0.05) is 32.7 Å². The number of esters is 1. The average Bonchev–Trinajstić information content (AvgIpc) is 2.77. The Balaban J connectivity index is 0.000000550. The summed E-state index contributed by atoms with van der Waals surface area (Å²) in [6.07, 6.45) is 1.43. The van der Waals surface area contributed by atoms with Crippen LogP contribution in [0.1, 0.15) is 18.4 Å². The lowest BCUT2D eigenvalue weighted by Gasteiger charge is -2.32. The monoisotopic (exact) mass is 548 g/mol. The van der Waals surface area contributed by atoms with Crippen LogP contribution in [0.15, 0.2) is 36.4 Å². The fraction of sp³-hybridized carbons (Fsp3) is 0.522. The molecule has 204 valence electrons. The molecule has 1 saturated heterocycles. The third kappa shape index (κ3) is 14.3. The molecule has 0 saturated carbocycles. The van der Waals surface area contributed by atoms with Crippen molar-refractivity contribution in [1.82, 2.24) is 9.80 Å². The Morgan fingerprint density at radius 2 is 1.44 bits per heavy atom. The lowest BCUT2D eigenvalue weighted by Crippen LogP contribution is -2.45. The van der Waals surface area contributed by atoms with Crippen molar-refractivity contribution in [2.24, 2.45) is 0 Å². The van der Waals surface area contributed by atoms with E-state index in [1.807, 2.05) is 37.3 Å². The predicted octanol–water partition coefficient (Wildman–Crippen LogP) is 1.75. The number of hydrogen-bond acceptors (Lipinski definition) is 9. The van der Waals surface area contributed by atoms with Gasteiger partial charge >= 0.3 is 5.97 Å². The summed E-state index contributed by atoms with van der Waals surface area (Å²) in [6.45, 7) is 7.40. The smallest absolute Gasteiger partial charge is 0.313 e. The largest absolute Gasteiger partial charge is 0.497 e. The molecule has 1 aliphatic rings. The van der Waals surface area contributed by atoms with Crippen molar-refractivity contribution in [1.29, 1.82) is 0 Å². The van der Waals surface area contributed by atoms with E-state index in [9.17, 15) is 21.6 Å². The fourth-order valence-electron chi connectivity index (χ4n) is 3.25. The number of nitrogens with zero attached hydrogens (tertiary/aromatic N) is 2. The maximum absolute atomic E-state index is 12.4. The van der Waals surface area contributed by atoms with E-state index in [1.165, 1.54) is 0 Å². The SMILES string of the molecule is COc1ccc2cc([C@H](C)C(=O)OCCN3CCN(C)CC3)ccc2c1.CS(=O)(=O)O.CS(=O)(=O)O. The molecule has 2 aromatic carbocycles. The molecule has 0 aromatic heterocycles. The van der Waals surface area contributed by atoms with Crippen LogP contribution < -0.4 is 4.74 Å². The van der Waals surface area contributed by atoms with Crippen molar-refractivity contribution in [2.45, 2.75) is 12.8 Å². The molecule has 36 heavy (non-hydrogen) atoms. The highest BCUT2D eigenvalue weighted by Crippen LogP contribution is 2.25. The van der Waals surface area contributed by atoms with Gasteiger partial charge in [-0.1, -0.05) is 24.3 Å². The molecular formula is C23H36N2O9S2. The van der Waals surface area contributed by atoms with Gasteiger partial charge in [-0.15, -0.1) is 0 Å². The van der Waals surface area contributed by atoms with Gasteiger partial charge < -0.3 is 14.4 Å². The Labute approximate surface area is 213 Å². The molecule has 1 atom stereocenters. The standard InChI is InChI=1S/C21H28N2O3.2CH4O3S/c1-16(21(24)26-13-12-23-10-8-22(2)9-11-23)17-4-5-19-15-20(25-3)7-6-18(19)14-17;2*1-5(2,3)4/h4-7,14-16H,8-13H2,1-3H3;2*1H3,(H,2,3,4)/t16-;;/m0../s1. The van der Waals surface area contributed by atoms with Crippen molar-refractivity contribution in [2.75, 3.05) is 66.0 Å². The molecule has 0 amide bonds. The first-order valence-electron chi connectivity index (χ1n) is 11.1. The zero-order valence-electron chi connectivity index (χ0n) is 21.2. The third-order valence-corrected chi connectivity index (χ3v) is 5.17. The summed E-state index contributed by atoms with van der Waals surface area (Å²) >= 11 is 0. The van der Waals surface area contributed by atoms with Gasteiger partial charge in [0.05, 0.1) is 25.5 Å². The molecule has 0 radical (unpaired) electrons. The molecule has 2 aromatic rings. The first-order valence-corrected chi connectivity index (χ1v) is 14.8. The molecule has 0 bridgehead atoms. The van der Waals surface area contributed by atoms with Gasteiger partial charge in [0.2, 0.25) is 0 Å². The van der Waals surface area contributed by atoms with E-state index >= 15 is 0 Å². The number of piperazine rings is 1. The van der Waals surface area contributed by atoms with Gasteiger partial charge in [0.15, 0.2) is 0 Å². The predicted molar refractivity (Wildman–Crippen MR) is 139 cm³/mol. The molecule has 0 unspecified atom stereocenters. The average molecular weight is 549 g/mol. The summed E-state index contributed by atoms with van der Waals surface area (Å²) in [4.78, 5) is 17.1. The van der Waals surface area contributed by atoms with Crippen LogP contribution in [0.3, 0.4) is 0 Å². The summed E-state index contributed by atoms with van der Waals surface area (Å²) in [5.41, 5.74) is 0.979. The molecular weight excluding hydrogens is 512 g/mol. The second-order valence-corrected chi connectivity index (χ2v) is 11.4. The van der Waals surface area contributed by atoms with Crippen molar-refractivity contribution in [3.8, 4) is 5.75 Å². The number of fused-ring (bicyclic) bond motifs is 1. The minimum Gasteiger partial charge on any atom is -0.497 e. The zero-order chi connectivity index (χ0) is 27.5. The van der Waals surface area contributed by atoms with Crippen molar-refractivity contribution in [3.63, 3.8) is 0 Å². The summed E-state index contributed by atoms with van der Waals surface area (Å²) in [5.74, 6) is 0.405.